The summed E-state index contributed by atoms with van der Waals surface area (Å²) in [5, 5.41) is 17.2. The number of nitrogens with one attached hydrogen (secondary N) is 1. The number of aromatic nitrogens is 2. The normalized spacial score (nSPS) is 19.1. The largest absolute Gasteiger partial charge is 0.444 e. The molecule has 3 N–H and O–H groups in total. The molecule has 1 aliphatic heterocycles. The molecule has 1 fully saturated rings. The lowest BCUT2D eigenvalue weighted by Gasteiger charge is -2.36. The van der Waals surface area contributed by atoms with Gasteiger partial charge in [-0.15, -0.1) is 0 Å². The topological polar surface area (TPSA) is 126 Å². The van der Waals surface area contributed by atoms with Gasteiger partial charge in [-0.25, -0.2) is 4.79 Å². The van der Waals surface area contributed by atoms with Gasteiger partial charge in [0.25, 0.3) is 5.91 Å². The number of hydrogen-bond donors (Lipinski definition) is 2. The van der Waals surface area contributed by atoms with E-state index in [1.807, 2.05) is 30.3 Å². The number of anilines is 2. The van der Waals surface area contributed by atoms with Crippen LogP contribution in [-0.2, 0) is 4.74 Å². The van der Waals surface area contributed by atoms with E-state index in [1.54, 1.807) is 30.4 Å². The highest BCUT2D eigenvalue weighted by atomic mass is 16.6. The Morgan fingerprint density at radius 3 is 2.60 bits per heavy atom. The molecule has 2 atom stereocenters. The molecular weight excluding hydrogens is 384 g/mol. The molecule has 9 nitrogen and oxygen atoms in total. The molecule has 2 aromatic rings. The van der Waals surface area contributed by atoms with Gasteiger partial charge in [0.1, 0.15) is 11.2 Å². The van der Waals surface area contributed by atoms with Crippen molar-refractivity contribution >= 4 is 23.5 Å². The summed E-state index contributed by atoms with van der Waals surface area (Å²) in [6.07, 6.45) is 1.57. The fourth-order valence-electron chi connectivity index (χ4n) is 3.33. The van der Waals surface area contributed by atoms with Crippen molar-refractivity contribution in [1.82, 2.24) is 14.7 Å². The third kappa shape index (κ3) is 4.89. The van der Waals surface area contributed by atoms with Crippen molar-refractivity contribution in [3.63, 3.8) is 0 Å². The predicted octanol–water partition coefficient (Wildman–Crippen LogP) is 3.05. The molecule has 1 aliphatic rings. The summed E-state index contributed by atoms with van der Waals surface area (Å²) in [6, 6.07) is 11.1. The summed E-state index contributed by atoms with van der Waals surface area (Å²) in [7, 11) is 0. The molecule has 2 heterocycles. The maximum Gasteiger partial charge on any atom is 0.410 e. The fraction of sp³-hybridized carbons (Fsp3) is 0.429. The number of rotatable bonds is 4. The van der Waals surface area contributed by atoms with Crippen LogP contribution in [0.4, 0.5) is 16.3 Å². The Morgan fingerprint density at radius 2 is 2.00 bits per heavy atom. The van der Waals surface area contributed by atoms with E-state index in [0.29, 0.717) is 18.8 Å². The molecule has 158 valence electrons. The van der Waals surface area contributed by atoms with Crippen LogP contribution in [0.2, 0.25) is 0 Å². The first-order chi connectivity index (χ1) is 14.2. The number of primary amides is 1. The SMILES string of the molecule is CC(C)(C)OC(=O)N1CC[C@H](C#N)[C@@H](n2cc(C(N)=O)c(Nc3ccccc3)n2)C1. The summed E-state index contributed by atoms with van der Waals surface area (Å²) in [5.74, 6) is -0.693. The van der Waals surface area contributed by atoms with Gasteiger partial charge in [0.15, 0.2) is 5.82 Å². The van der Waals surface area contributed by atoms with Crippen molar-refractivity contribution in [1.29, 1.82) is 5.26 Å². The van der Waals surface area contributed by atoms with Crippen LogP contribution in [0.5, 0.6) is 0 Å². The van der Waals surface area contributed by atoms with Gasteiger partial charge in [-0.05, 0) is 39.3 Å². The molecule has 30 heavy (non-hydrogen) atoms. The Labute approximate surface area is 175 Å². The van der Waals surface area contributed by atoms with E-state index in [-0.39, 0.29) is 18.0 Å². The Bertz CT molecular complexity index is 957. The third-order valence-electron chi connectivity index (χ3n) is 4.77. The minimum Gasteiger partial charge on any atom is -0.444 e. The second kappa shape index (κ2) is 8.45. The number of carbonyl (C=O) groups is 2. The van der Waals surface area contributed by atoms with Crippen LogP contribution < -0.4 is 11.1 Å². The number of likely N-dealkylation sites (tertiary alicyclic amines) is 1. The molecule has 0 unspecified atom stereocenters. The van der Waals surface area contributed by atoms with E-state index in [2.05, 4.69) is 16.5 Å². The molecule has 0 bridgehead atoms. The molecule has 2 amide bonds. The van der Waals surface area contributed by atoms with Crippen LogP contribution in [-0.4, -0.2) is 45.4 Å². The van der Waals surface area contributed by atoms with E-state index in [1.165, 1.54) is 6.20 Å². The van der Waals surface area contributed by atoms with Crippen molar-refractivity contribution in [3.05, 3.63) is 42.1 Å². The molecule has 0 spiro atoms. The summed E-state index contributed by atoms with van der Waals surface area (Å²) >= 11 is 0. The number of hydrogen-bond acceptors (Lipinski definition) is 6. The van der Waals surface area contributed by atoms with Crippen LogP contribution in [0.25, 0.3) is 0 Å². The third-order valence-corrected chi connectivity index (χ3v) is 4.77. The second-order valence-electron chi connectivity index (χ2n) is 8.24. The smallest absolute Gasteiger partial charge is 0.410 e. The average Bonchev–Trinajstić information content (AvgIpc) is 3.11. The maximum atomic E-state index is 12.5. The van der Waals surface area contributed by atoms with E-state index in [4.69, 9.17) is 10.5 Å². The van der Waals surface area contributed by atoms with Gasteiger partial charge in [0.05, 0.1) is 18.0 Å². The molecule has 0 radical (unpaired) electrons. The van der Waals surface area contributed by atoms with Crippen LogP contribution in [0, 0.1) is 17.2 Å². The number of ether oxygens (including phenoxy) is 1. The Hall–Kier alpha value is -3.54. The number of nitrogens with two attached hydrogens (primary N) is 1. The van der Waals surface area contributed by atoms with Crippen molar-refractivity contribution in [2.75, 3.05) is 18.4 Å². The summed E-state index contributed by atoms with van der Waals surface area (Å²) in [6.45, 7) is 6.08. The number of nitrogens with zero attached hydrogens (tertiary/aromatic N) is 4. The van der Waals surface area contributed by atoms with Gasteiger partial charge in [-0.2, -0.15) is 10.4 Å². The van der Waals surface area contributed by atoms with Crippen LogP contribution in [0.3, 0.4) is 0 Å². The summed E-state index contributed by atoms with van der Waals surface area (Å²) in [5.41, 5.74) is 5.89. The number of piperidine rings is 1. The predicted molar refractivity (Wildman–Crippen MR) is 111 cm³/mol. The summed E-state index contributed by atoms with van der Waals surface area (Å²) < 4.78 is 7.02. The molecule has 0 aliphatic carbocycles. The number of carbonyl (C=O) groups excluding carboxylic acids is 2. The highest BCUT2D eigenvalue weighted by molar-refractivity contribution is 5.98. The van der Waals surface area contributed by atoms with Gasteiger partial charge in [0.2, 0.25) is 0 Å². The lowest BCUT2D eigenvalue weighted by Crippen LogP contribution is -2.46. The second-order valence-corrected chi connectivity index (χ2v) is 8.24. The first-order valence-electron chi connectivity index (χ1n) is 9.76. The number of amides is 2. The first-order valence-corrected chi connectivity index (χ1v) is 9.76. The minimum absolute atomic E-state index is 0.213. The fourth-order valence-corrected chi connectivity index (χ4v) is 3.33. The number of para-hydroxylation sites is 1. The highest BCUT2D eigenvalue weighted by Gasteiger charge is 2.36. The van der Waals surface area contributed by atoms with Crippen molar-refractivity contribution < 1.29 is 14.3 Å². The molecule has 1 saturated heterocycles. The summed E-state index contributed by atoms with van der Waals surface area (Å²) in [4.78, 5) is 26.0. The van der Waals surface area contributed by atoms with Crippen LogP contribution in [0.1, 0.15) is 43.6 Å². The Morgan fingerprint density at radius 1 is 1.30 bits per heavy atom. The lowest BCUT2D eigenvalue weighted by atomic mass is 9.93. The van der Waals surface area contributed by atoms with E-state index in [9.17, 15) is 14.9 Å². The van der Waals surface area contributed by atoms with Crippen LogP contribution >= 0.6 is 0 Å². The van der Waals surface area contributed by atoms with Gasteiger partial charge in [-0.1, -0.05) is 18.2 Å². The van der Waals surface area contributed by atoms with Crippen molar-refractivity contribution in [2.45, 2.75) is 38.8 Å². The minimum atomic E-state index is -0.631. The molecule has 3 rings (SSSR count). The number of benzene rings is 1. The molecule has 9 heteroatoms. The quantitative estimate of drug-likeness (QED) is 0.798. The van der Waals surface area contributed by atoms with Crippen molar-refractivity contribution in [2.24, 2.45) is 11.7 Å². The van der Waals surface area contributed by atoms with E-state index >= 15 is 0 Å². The van der Waals surface area contributed by atoms with E-state index in [0.717, 1.165) is 5.69 Å². The average molecular weight is 410 g/mol. The van der Waals surface area contributed by atoms with Gasteiger partial charge < -0.3 is 20.7 Å². The van der Waals surface area contributed by atoms with Gasteiger partial charge in [-0.3, -0.25) is 9.48 Å². The standard InChI is InChI=1S/C21H26N6O3/c1-21(2,3)30-20(29)26-10-9-14(11-22)17(13-26)27-12-16(18(23)28)19(25-27)24-15-7-5-4-6-8-15/h4-8,12,14,17H,9-10,13H2,1-3H3,(H2,23,28)(H,24,25)/t14-,17+/m1/s1. The lowest BCUT2D eigenvalue weighted by molar-refractivity contribution is 0.0135. The molecular formula is C21H26N6O3. The van der Waals surface area contributed by atoms with Gasteiger partial charge in [0, 0.05) is 25.0 Å². The molecule has 1 aromatic carbocycles. The Kier molecular flexibility index (Phi) is 5.96. The zero-order valence-corrected chi connectivity index (χ0v) is 17.3. The maximum absolute atomic E-state index is 12.5. The van der Waals surface area contributed by atoms with E-state index < -0.39 is 23.6 Å². The van der Waals surface area contributed by atoms with Crippen LogP contribution in [0.15, 0.2) is 36.5 Å². The first kappa shape index (κ1) is 21.2. The molecule has 0 saturated carbocycles. The zero-order valence-electron chi connectivity index (χ0n) is 17.3. The number of nitriles is 1. The highest BCUT2D eigenvalue weighted by Crippen LogP contribution is 2.30. The molecule has 1 aromatic heterocycles. The monoisotopic (exact) mass is 410 g/mol. The zero-order chi connectivity index (χ0) is 21.9. The van der Waals surface area contributed by atoms with Gasteiger partial charge >= 0.3 is 6.09 Å². The Balaban J connectivity index is 1.88. The van der Waals surface area contributed by atoms with Crippen molar-refractivity contribution in [3.8, 4) is 6.07 Å².